The van der Waals surface area contributed by atoms with Gasteiger partial charge in [-0.15, -0.1) is 0 Å². The van der Waals surface area contributed by atoms with E-state index < -0.39 is 6.04 Å². The lowest BCUT2D eigenvalue weighted by Gasteiger charge is -2.18. The van der Waals surface area contributed by atoms with Crippen LogP contribution in [0, 0.1) is 0 Å². The highest BCUT2D eigenvalue weighted by atomic mass is 16.2. The SMILES string of the molecule is CCCC(=O)Nc1cccc(CNC(=O)C(Cc2c[nH]c3ccccc23)NC(C)=O)c1. The zero-order chi connectivity index (χ0) is 22.2. The van der Waals surface area contributed by atoms with Gasteiger partial charge in [-0.3, -0.25) is 14.4 Å². The fraction of sp³-hybridized carbons (Fsp3) is 0.292. The second-order valence-corrected chi connectivity index (χ2v) is 7.53. The molecular weight excluding hydrogens is 392 g/mol. The number of benzene rings is 2. The molecule has 7 nitrogen and oxygen atoms in total. The molecule has 0 saturated carbocycles. The molecular formula is C24H28N4O3. The Bertz CT molecular complexity index is 1070. The summed E-state index contributed by atoms with van der Waals surface area (Å²) in [5.41, 5.74) is 3.50. The van der Waals surface area contributed by atoms with Crippen LogP contribution in [0.15, 0.2) is 54.7 Å². The van der Waals surface area contributed by atoms with Gasteiger partial charge in [-0.05, 0) is 35.7 Å². The van der Waals surface area contributed by atoms with Crippen LogP contribution in [-0.2, 0) is 27.3 Å². The number of hydrogen-bond donors (Lipinski definition) is 4. The Hall–Kier alpha value is -3.61. The normalized spacial score (nSPS) is 11.7. The Morgan fingerprint density at radius 3 is 2.65 bits per heavy atom. The molecule has 1 aromatic heterocycles. The number of anilines is 1. The molecule has 0 radical (unpaired) electrons. The molecule has 1 unspecified atom stereocenters. The first-order chi connectivity index (χ1) is 15.0. The van der Waals surface area contributed by atoms with Crippen molar-refractivity contribution in [3.8, 4) is 0 Å². The quantitative estimate of drug-likeness (QED) is 0.427. The average Bonchev–Trinajstić information content (AvgIpc) is 3.14. The summed E-state index contributed by atoms with van der Waals surface area (Å²) in [7, 11) is 0. The van der Waals surface area contributed by atoms with E-state index in [9.17, 15) is 14.4 Å². The monoisotopic (exact) mass is 420 g/mol. The van der Waals surface area contributed by atoms with Gasteiger partial charge in [-0.25, -0.2) is 0 Å². The Morgan fingerprint density at radius 1 is 1.06 bits per heavy atom. The summed E-state index contributed by atoms with van der Waals surface area (Å²) in [5.74, 6) is -0.560. The van der Waals surface area contributed by atoms with Gasteiger partial charge in [0.2, 0.25) is 17.7 Å². The van der Waals surface area contributed by atoms with E-state index in [0.29, 0.717) is 25.1 Å². The molecule has 1 atom stereocenters. The third kappa shape index (κ3) is 6.18. The number of hydrogen-bond acceptors (Lipinski definition) is 3. The number of nitrogens with one attached hydrogen (secondary N) is 4. The lowest BCUT2D eigenvalue weighted by atomic mass is 10.0. The number of H-pyrrole nitrogens is 1. The standard InChI is InChI=1S/C24H28N4O3/c1-3-7-23(30)28-19-9-6-8-17(12-19)14-26-24(31)22(27-16(2)29)13-18-15-25-21-11-5-4-10-20(18)21/h4-6,8-12,15,22,25H,3,7,13-14H2,1-2H3,(H,26,31)(H,27,29)(H,28,30). The topological polar surface area (TPSA) is 103 Å². The van der Waals surface area contributed by atoms with Gasteiger partial charge in [-0.2, -0.15) is 0 Å². The van der Waals surface area contributed by atoms with Gasteiger partial charge in [0.1, 0.15) is 6.04 Å². The fourth-order valence-corrected chi connectivity index (χ4v) is 3.50. The minimum atomic E-state index is -0.691. The predicted molar refractivity (Wildman–Crippen MR) is 121 cm³/mol. The van der Waals surface area contributed by atoms with Gasteiger partial charge in [-0.1, -0.05) is 37.3 Å². The molecule has 7 heteroatoms. The van der Waals surface area contributed by atoms with Gasteiger partial charge in [0.25, 0.3) is 0 Å². The van der Waals surface area contributed by atoms with Crippen LogP contribution >= 0.6 is 0 Å². The summed E-state index contributed by atoms with van der Waals surface area (Å²) >= 11 is 0. The van der Waals surface area contributed by atoms with E-state index in [4.69, 9.17) is 0 Å². The van der Waals surface area contributed by atoms with Crippen molar-refractivity contribution in [1.82, 2.24) is 15.6 Å². The van der Waals surface area contributed by atoms with Crippen molar-refractivity contribution in [2.24, 2.45) is 0 Å². The van der Waals surface area contributed by atoms with E-state index >= 15 is 0 Å². The minimum Gasteiger partial charge on any atom is -0.361 e. The highest BCUT2D eigenvalue weighted by molar-refractivity contribution is 5.91. The van der Waals surface area contributed by atoms with Crippen molar-refractivity contribution >= 4 is 34.3 Å². The highest BCUT2D eigenvalue weighted by Crippen LogP contribution is 2.19. The van der Waals surface area contributed by atoms with Gasteiger partial charge < -0.3 is 20.9 Å². The van der Waals surface area contributed by atoms with Crippen LogP contribution in [0.4, 0.5) is 5.69 Å². The molecule has 3 aromatic rings. The van der Waals surface area contributed by atoms with Crippen molar-refractivity contribution in [2.75, 3.05) is 5.32 Å². The third-order valence-corrected chi connectivity index (χ3v) is 4.95. The Morgan fingerprint density at radius 2 is 1.87 bits per heavy atom. The summed E-state index contributed by atoms with van der Waals surface area (Å²) in [5, 5.41) is 9.53. The molecule has 162 valence electrons. The van der Waals surface area contributed by atoms with Gasteiger partial charge in [0.15, 0.2) is 0 Å². The molecule has 0 aliphatic rings. The first-order valence-corrected chi connectivity index (χ1v) is 10.4. The zero-order valence-corrected chi connectivity index (χ0v) is 17.8. The number of para-hydroxylation sites is 1. The van der Waals surface area contributed by atoms with Crippen LogP contribution in [0.2, 0.25) is 0 Å². The van der Waals surface area contributed by atoms with E-state index in [1.165, 1.54) is 6.92 Å². The maximum absolute atomic E-state index is 12.9. The molecule has 2 aromatic carbocycles. The van der Waals surface area contributed by atoms with E-state index in [-0.39, 0.29) is 17.7 Å². The van der Waals surface area contributed by atoms with Crippen LogP contribution in [-0.4, -0.2) is 28.7 Å². The number of carbonyl (C=O) groups is 3. The zero-order valence-electron chi connectivity index (χ0n) is 17.8. The van der Waals surface area contributed by atoms with Crippen molar-refractivity contribution in [1.29, 1.82) is 0 Å². The minimum absolute atomic E-state index is 0.0341. The Labute approximate surface area is 181 Å². The van der Waals surface area contributed by atoms with Crippen LogP contribution in [0.25, 0.3) is 10.9 Å². The number of aromatic nitrogens is 1. The van der Waals surface area contributed by atoms with E-state index in [0.717, 1.165) is 28.5 Å². The van der Waals surface area contributed by atoms with Crippen LogP contribution < -0.4 is 16.0 Å². The summed E-state index contributed by atoms with van der Waals surface area (Å²) in [6.45, 7) is 3.64. The highest BCUT2D eigenvalue weighted by Gasteiger charge is 2.21. The van der Waals surface area contributed by atoms with Crippen molar-refractivity contribution in [3.05, 3.63) is 65.9 Å². The molecule has 4 N–H and O–H groups in total. The molecule has 0 spiro atoms. The third-order valence-electron chi connectivity index (χ3n) is 4.95. The smallest absolute Gasteiger partial charge is 0.243 e. The second-order valence-electron chi connectivity index (χ2n) is 7.53. The molecule has 31 heavy (non-hydrogen) atoms. The largest absolute Gasteiger partial charge is 0.361 e. The van der Waals surface area contributed by atoms with Gasteiger partial charge in [0, 0.05) is 49.1 Å². The molecule has 3 rings (SSSR count). The molecule has 0 fully saturated rings. The van der Waals surface area contributed by atoms with Gasteiger partial charge in [0.05, 0.1) is 0 Å². The first kappa shape index (κ1) is 22.1. The van der Waals surface area contributed by atoms with Crippen molar-refractivity contribution < 1.29 is 14.4 Å². The Balaban J connectivity index is 1.66. The number of rotatable bonds is 9. The van der Waals surface area contributed by atoms with E-state index in [1.54, 1.807) is 0 Å². The van der Waals surface area contributed by atoms with Crippen molar-refractivity contribution in [2.45, 2.75) is 45.7 Å². The molecule has 0 aliphatic heterocycles. The van der Waals surface area contributed by atoms with E-state index in [2.05, 4.69) is 20.9 Å². The molecule has 3 amide bonds. The predicted octanol–water partition coefficient (Wildman–Crippen LogP) is 3.27. The number of fused-ring (bicyclic) bond motifs is 1. The lowest BCUT2D eigenvalue weighted by Crippen LogP contribution is -2.47. The van der Waals surface area contributed by atoms with E-state index in [1.807, 2.05) is 61.7 Å². The Kier molecular flexibility index (Phi) is 7.43. The second kappa shape index (κ2) is 10.4. The molecule has 0 saturated heterocycles. The summed E-state index contributed by atoms with van der Waals surface area (Å²) < 4.78 is 0. The van der Waals surface area contributed by atoms with Gasteiger partial charge >= 0.3 is 0 Å². The lowest BCUT2D eigenvalue weighted by molar-refractivity contribution is -0.128. The molecule has 1 heterocycles. The molecule has 0 aliphatic carbocycles. The van der Waals surface area contributed by atoms with Crippen molar-refractivity contribution in [3.63, 3.8) is 0 Å². The molecule has 0 bridgehead atoms. The fourth-order valence-electron chi connectivity index (χ4n) is 3.50. The number of amides is 3. The van der Waals surface area contributed by atoms with Crippen LogP contribution in [0.3, 0.4) is 0 Å². The summed E-state index contributed by atoms with van der Waals surface area (Å²) in [6.07, 6.45) is 3.49. The first-order valence-electron chi connectivity index (χ1n) is 10.4. The summed E-state index contributed by atoms with van der Waals surface area (Å²) in [6, 6.07) is 14.5. The van der Waals surface area contributed by atoms with Crippen LogP contribution in [0.1, 0.15) is 37.8 Å². The maximum atomic E-state index is 12.9. The average molecular weight is 421 g/mol. The summed E-state index contributed by atoms with van der Waals surface area (Å²) in [4.78, 5) is 39.5. The number of aromatic amines is 1. The maximum Gasteiger partial charge on any atom is 0.243 e. The van der Waals surface area contributed by atoms with Crippen LogP contribution in [0.5, 0.6) is 0 Å². The number of carbonyl (C=O) groups excluding carboxylic acids is 3.